The maximum Gasteiger partial charge on any atom is 0.243 e. The smallest absolute Gasteiger partial charge is 0.243 e. The Labute approximate surface area is 119 Å². The molecule has 2 N–H and O–H groups in total. The van der Waals surface area contributed by atoms with Crippen molar-refractivity contribution in [2.75, 3.05) is 7.05 Å². The Morgan fingerprint density at radius 2 is 2.05 bits per heavy atom. The van der Waals surface area contributed by atoms with Gasteiger partial charge in [0.2, 0.25) is 10.0 Å². The van der Waals surface area contributed by atoms with E-state index in [0.717, 1.165) is 31.2 Å². The van der Waals surface area contributed by atoms with E-state index >= 15 is 0 Å². The number of rotatable bonds is 6. The van der Waals surface area contributed by atoms with Crippen molar-refractivity contribution in [1.29, 1.82) is 0 Å². The number of benzene rings is 1. The molecule has 6 heteroatoms. The normalized spacial score (nSPS) is 17.8. The van der Waals surface area contributed by atoms with Crippen molar-refractivity contribution in [1.82, 2.24) is 10.0 Å². The Morgan fingerprint density at radius 3 is 2.55 bits per heavy atom. The summed E-state index contributed by atoms with van der Waals surface area (Å²) in [5.74, 6) is -0.706. The van der Waals surface area contributed by atoms with Crippen molar-refractivity contribution < 1.29 is 12.8 Å². The molecule has 1 aliphatic carbocycles. The molecule has 1 aromatic carbocycles. The first-order valence-electron chi connectivity index (χ1n) is 6.89. The van der Waals surface area contributed by atoms with Crippen LogP contribution in [0.15, 0.2) is 23.1 Å². The van der Waals surface area contributed by atoms with Crippen LogP contribution in [-0.2, 0) is 16.6 Å². The minimum absolute atomic E-state index is 0.259. The van der Waals surface area contributed by atoms with Crippen LogP contribution in [0.4, 0.5) is 4.39 Å². The van der Waals surface area contributed by atoms with Gasteiger partial charge in [-0.1, -0.05) is 13.0 Å². The van der Waals surface area contributed by atoms with Crippen LogP contribution < -0.4 is 10.0 Å². The fourth-order valence-corrected chi connectivity index (χ4v) is 4.20. The number of halogens is 1. The van der Waals surface area contributed by atoms with Crippen molar-refractivity contribution in [3.8, 4) is 0 Å². The molecule has 0 amide bonds. The van der Waals surface area contributed by atoms with Gasteiger partial charge in [-0.25, -0.2) is 17.5 Å². The molecule has 1 fully saturated rings. The van der Waals surface area contributed by atoms with Crippen molar-refractivity contribution in [2.45, 2.75) is 49.6 Å². The molecular formula is C14H21FN2O2S. The molecule has 1 aliphatic rings. The van der Waals surface area contributed by atoms with Gasteiger partial charge in [-0.05, 0) is 50.4 Å². The fraction of sp³-hybridized carbons (Fsp3) is 0.571. The molecule has 0 aliphatic heterocycles. The molecule has 112 valence electrons. The maximum absolute atomic E-state index is 13.9. The molecule has 0 saturated heterocycles. The average molecular weight is 300 g/mol. The minimum Gasteiger partial charge on any atom is -0.316 e. The van der Waals surface area contributed by atoms with Crippen LogP contribution in [0.25, 0.3) is 0 Å². The molecule has 4 nitrogen and oxygen atoms in total. The summed E-state index contributed by atoms with van der Waals surface area (Å²) in [5, 5.41) is 2.93. The highest BCUT2D eigenvalue weighted by molar-refractivity contribution is 7.89. The first-order valence-corrected chi connectivity index (χ1v) is 8.38. The van der Waals surface area contributed by atoms with Crippen LogP contribution in [0.3, 0.4) is 0 Å². The van der Waals surface area contributed by atoms with Gasteiger partial charge < -0.3 is 5.32 Å². The Hall–Kier alpha value is -0.980. The summed E-state index contributed by atoms with van der Waals surface area (Å²) < 4.78 is 41.4. The number of nitrogens with one attached hydrogen (secondary N) is 2. The lowest BCUT2D eigenvalue weighted by Gasteiger charge is -2.41. The highest BCUT2D eigenvalue weighted by Gasteiger charge is 2.39. The predicted molar refractivity (Wildman–Crippen MR) is 76.4 cm³/mol. The van der Waals surface area contributed by atoms with Crippen LogP contribution in [0.5, 0.6) is 0 Å². The lowest BCUT2D eigenvalue weighted by atomic mass is 9.76. The van der Waals surface area contributed by atoms with E-state index in [-0.39, 0.29) is 10.4 Å². The molecule has 0 unspecified atom stereocenters. The van der Waals surface area contributed by atoms with Gasteiger partial charge in [-0.2, -0.15) is 0 Å². The summed E-state index contributed by atoms with van der Waals surface area (Å²) in [7, 11) is -2.06. The Balaban J connectivity index is 2.31. The molecule has 0 heterocycles. The second kappa shape index (κ2) is 5.79. The molecule has 1 aromatic rings. The Kier molecular flexibility index (Phi) is 4.46. The third-order valence-corrected chi connectivity index (χ3v) is 5.60. The topological polar surface area (TPSA) is 58.2 Å². The molecule has 2 rings (SSSR count). The first kappa shape index (κ1) is 15.4. The van der Waals surface area contributed by atoms with Crippen LogP contribution in [0.2, 0.25) is 0 Å². The van der Waals surface area contributed by atoms with E-state index in [1.807, 2.05) is 6.92 Å². The number of hydrogen-bond acceptors (Lipinski definition) is 3. The predicted octanol–water partition coefficient (Wildman–Crippen LogP) is 2.16. The average Bonchev–Trinajstić information content (AvgIpc) is 2.36. The standard InChI is InChI=1S/C14H21FN2O2S/c1-3-14(7-4-8-14)17-20(18,19)13-9-11(10-16-2)5-6-12(13)15/h5-6,9,16-17H,3-4,7-8,10H2,1-2H3. The first-order chi connectivity index (χ1) is 9.42. The zero-order chi connectivity index (χ0) is 14.8. The van der Waals surface area contributed by atoms with Crippen LogP contribution in [0.1, 0.15) is 38.2 Å². The van der Waals surface area contributed by atoms with Gasteiger partial charge in [0.15, 0.2) is 0 Å². The number of hydrogen-bond donors (Lipinski definition) is 2. The van der Waals surface area contributed by atoms with Crippen LogP contribution >= 0.6 is 0 Å². The van der Waals surface area contributed by atoms with Gasteiger partial charge in [0.1, 0.15) is 10.7 Å². The quantitative estimate of drug-likeness (QED) is 0.846. The Morgan fingerprint density at radius 1 is 1.35 bits per heavy atom. The minimum atomic E-state index is -3.82. The van der Waals surface area contributed by atoms with E-state index in [9.17, 15) is 12.8 Å². The fourth-order valence-electron chi connectivity index (χ4n) is 2.54. The van der Waals surface area contributed by atoms with E-state index in [4.69, 9.17) is 0 Å². The molecule has 0 spiro atoms. The van der Waals surface area contributed by atoms with Gasteiger partial charge >= 0.3 is 0 Å². The molecule has 1 saturated carbocycles. The van der Waals surface area contributed by atoms with Gasteiger partial charge in [-0.15, -0.1) is 0 Å². The lowest BCUT2D eigenvalue weighted by molar-refractivity contribution is 0.213. The van der Waals surface area contributed by atoms with Crippen molar-refractivity contribution in [3.05, 3.63) is 29.6 Å². The van der Waals surface area contributed by atoms with E-state index in [0.29, 0.717) is 6.54 Å². The van der Waals surface area contributed by atoms with Gasteiger partial charge in [0.25, 0.3) is 0 Å². The van der Waals surface area contributed by atoms with E-state index in [1.165, 1.54) is 12.1 Å². The molecule has 0 radical (unpaired) electrons. The highest BCUT2D eigenvalue weighted by Crippen LogP contribution is 2.36. The second-order valence-corrected chi connectivity index (χ2v) is 7.04. The summed E-state index contributed by atoms with van der Waals surface area (Å²) in [6.07, 6.45) is 3.38. The summed E-state index contributed by atoms with van der Waals surface area (Å²) >= 11 is 0. The largest absolute Gasteiger partial charge is 0.316 e. The summed E-state index contributed by atoms with van der Waals surface area (Å²) in [5.41, 5.74) is 0.359. The van der Waals surface area contributed by atoms with E-state index in [2.05, 4.69) is 10.0 Å². The summed E-state index contributed by atoms with van der Waals surface area (Å²) in [6.45, 7) is 2.46. The van der Waals surface area contributed by atoms with Crippen LogP contribution in [-0.4, -0.2) is 21.0 Å². The molecule has 0 atom stereocenters. The number of sulfonamides is 1. The monoisotopic (exact) mass is 300 g/mol. The van der Waals surface area contributed by atoms with E-state index in [1.54, 1.807) is 13.1 Å². The zero-order valence-electron chi connectivity index (χ0n) is 11.9. The zero-order valence-corrected chi connectivity index (χ0v) is 12.7. The summed E-state index contributed by atoms with van der Waals surface area (Å²) in [4.78, 5) is -0.259. The van der Waals surface area contributed by atoms with Crippen molar-refractivity contribution in [2.24, 2.45) is 0 Å². The molecule has 0 aromatic heterocycles. The van der Waals surface area contributed by atoms with Crippen molar-refractivity contribution in [3.63, 3.8) is 0 Å². The third kappa shape index (κ3) is 3.02. The van der Waals surface area contributed by atoms with Crippen molar-refractivity contribution >= 4 is 10.0 Å². The molecule has 20 heavy (non-hydrogen) atoms. The third-order valence-electron chi connectivity index (χ3n) is 4.00. The van der Waals surface area contributed by atoms with Gasteiger partial charge in [-0.3, -0.25) is 0 Å². The lowest BCUT2D eigenvalue weighted by Crippen LogP contribution is -2.52. The van der Waals surface area contributed by atoms with Gasteiger partial charge in [0.05, 0.1) is 0 Å². The SMILES string of the molecule is CCC1(NS(=O)(=O)c2cc(CNC)ccc2F)CCC1. The summed E-state index contributed by atoms with van der Waals surface area (Å²) in [6, 6.07) is 4.20. The molecular weight excluding hydrogens is 279 g/mol. The van der Waals surface area contributed by atoms with E-state index < -0.39 is 15.8 Å². The second-order valence-electron chi connectivity index (χ2n) is 5.39. The van der Waals surface area contributed by atoms with Gasteiger partial charge in [0, 0.05) is 12.1 Å². The maximum atomic E-state index is 13.9. The Bertz CT molecular complexity index is 577. The van der Waals surface area contributed by atoms with Crippen LogP contribution in [0, 0.1) is 5.82 Å². The highest BCUT2D eigenvalue weighted by atomic mass is 32.2. The molecule has 0 bridgehead atoms.